The molecule has 3 N–H and O–H groups in total. The van der Waals surface area contributed by atoms with E-state index in [0.29, 0.717) is 0 Å². The first-order chi connectivity index (χ1) is 6.81. The first kappa shape index (κ1) is 9.18. The van der Waals surface area contributed by atoms with Crippen molar-refractivity contribution in [2.75, 3.05) is 6.54 Å². The van der Waals surface area contributed by atoms with Crippen LogP contribution in [-0.4, -0.2) is 23.4 Å². The molecule has 2 unspecified atom stereocenters. The lowest BCUT2D eigenvalue weighted by atomic mass is 10.2. The normalized spacial score (nSPS) is 24.4. The summed E-state index contributed by atoms with van der Waals surface area (Å²) in [5, 5.41) is 0. The van der Waals surface area contributed by atoms with Crippen LogP contribution in [0.4, 0.5) is 0 Å². The Morgan fingerprint density at radius 1 is 1.50 bits per heavy atom. The molecule has 0 bridgehead atoms. The quantitative estimate of drug-likeness (QED) is 0.302. The Morgan fingerprint density at radius 3 is 2.86 bits per heavy atom. The molecule has 4 heteroatoms. The van der Waals surface area contributed by atoms with E-state index in [1.807, 2.05) is 18.2 Å². The molecular weight excluding hydrogens is 178 g/mol. The molecule has 1 aromatic carbocycles. The van der Waals surface area contributed by atoms with Crippen molar-refractivity contribution < 1.29 is 4.79 Å². The van der Waals surface area contributed by atoms with Gasteiger partial charge in [-0.15, -0.1) is 0 Å². The van der Waals surface area contributed by atoms with Gasteiger partial charge in [-0.1, -0.05) is 30.3 Å². The summed E-state index contributed by atoms with van der Waals surface area (Å²) < 4.78 is 0. The first-order valence-corrected chi connectivity index (χ1v) is 4.59. The van der Waals surface area contributed by atoms with Gasteiger partial charge in [-0.05, 0) is 5.56 Å². The van der Waals surface area contributed by atoms with E-state index in [1.165, 1.54) is 5.56 Å². The van der Waals surface area contributed by atoms with Crippen molar-refractivity contribution in [1.82, 2.24) is 10.3 Å². The van der Waals surface area contributed by atoms with Crippen LogP contribution in [0.25, 0.3) is 0 Å². The topological polar surface area (TPSA) is 58.1 Å². The molecule has 0 aliphatic carbocycles. The van der Waals surface area contributed by atoms with E-state index in [9.17, 15) is 4.79 Å². The van der Waals surface area contributed by atoms with E-state index in [1.54, 1.807) is 0 Å². The second-order valence-corrected chi connectivity index (χ2v) is 3.44. The summed E-state index contributed by atoms with van der Waals surface area (Å²) >= 11 is 0. The minimum atomic E-state index is -0.0964. The zero-order valence-corrected chi connectivity index (χ0v) is 7.81. The molecule has 2 rings (SSSR count). The number of hydrogen-bond acceptors (Lipinski definition) is 3. The number of rotatable bonds is 3. The molecule has 1 saturated heterocycles. The number of hydrazine groups is 1. The monoisotopic (exact) mass is 191 g/mol. The first-order valence-electron chi connectivity index (χ1n) is 4.59. The maximum Gasteiger partial charge on any atom is 0.252 e. The van der Waals surface area contributed by atoms with Gasteiger partial charge in [-0.25, -0.2) is 5.84 Å². The molecule has 1 aromatic rings. The van der Waals surface area contributed by atoms with Crippen molar-refractivity contribution in [3.8, 4) is 0 Å². The van der Waals surface area contributed by atoms with Gasteiger partial charge in [0.1, 0.15) is 6.04 Å². The lowest BCUT2D eigenvalue weighted by Crippen LogP contribution is -2.35. The Balaban J connectivity index is 1.88. The van der Waals surface area contributed by atoms with Crippen LogP contribution in [0.15, 0.2) is 30.3 Å². The number of benzene rings is 1. The molecular formula is C10H13N3O. The third kappa shape index (κ3) is 1.92. The molecule has 1 amide bonds. The fourth-order valence-corrected chi connectivity index (χ4v) is 1.51. The average molecular weight is 191 g/mol. The molecule has 2 atom stereocenters. The van der Waals surface area contributed by atoms with Gasteiger partial charge >= 0.3 is 0 Å². The minimum absolute atomic E-state index is 0.0276. The molecule has 1 heterocycles. The summed E-state index contributed by atoms with van der Waals surface area (Å²) in [7, 11) is 0. The predicted octanol–water partition coefficient (Wildman–Crippen LogP) is -0.139. The summed E-state index contributed by atoms with van der Waals surface area (Å²) in [5.41, 5.74) is 3.38. The second kappa shape index (κ2) is 3.77. The van der Waals surface area contributed by atoms with Crippen LogP contribution in [0.5, 0.6) is 0 Å². The van der Waals surface area contributed by atoms with E-state index in [0.717, 1.165) is 13.1 Å². The van der Waals surface area contributed by atoms with Gasteiger partial charge in [-0.2, -0.15) is 0 Å². The number of carbonyl (C=O) groups excluding carboxylic acids is 1. The standard InChI is InChI=1S/C10H13N3O/c11-12-10(14)9-7-13(9)6-8-4-2-1-3-5-8/h1-5,9H,6-7,11H2,(H,12,14). The van der Waals surface area contributed by atoms with Gasteiger partial charge in [0.2, 0.25) is 0 Å². The summed E-state index contributed by atoms with van der Waals surface area (Å²) in [6.45, 7) is 1.62. The van der Waals surface area contributed by atoms with Crippen LogP contribution in [0.3, 0.4) is 0 Å². The molecule has 4 nitrogen and oxygen atoms in total. The van der Waals surface area contributed by atoms with Crippen LogP contribution in [-0.2, 0) is 11.3 Å². The van der Waals surface area contributed by atoms with Gasteiger partial charge in [0.05, 0.1) is 0 Å². The van der Waals surface area contributed by atoms with Gasteiger partial charge in [0, 0.05) is 13.1 Å². The largest absolute Gasteiger partial charge is 0.293 e. The van der Waals surface area contributed by atoms with E-state index in [-0.39, 0.29) is 11.9 Å². The maximum absolute atomic E-state index is 11.1. The predicted molar refractivity (Wildman–Crippen MR) is 53.0 cm³/mol. The lowest BCUT2D eigenvalue weighted by molar-refractivity contribution is -0.121. The fraction of sp³-hybridized carbons (Fsp3) is 0.300. The Bertz CT molecular complexity index is 325. The van der Waals surface area contributed by atoms with Crippen LogP contribution < -0.4 is 11.3 Å². The van der Waals surface area contributed by atoms with Gasteiger partial charge in [0.15, 0.2) is 0 Å². The fourth-order valence-electron chi connectivity index (χ4n) is 1.51. The minimum Gasteiger partial charge on any atom is -0.293 e. The van der Waals surface area contributed by atoms with Crippen molar-refractivity contribution in [1.29, 1.82) is 0 Å². The highest BCUT2D eigenvalue weighted by Crippen LogP contribution is 2.20. The number of carbonyl (C=O) groups is 1. The second-order valence-electron chi connectivity index (χ2n) is 3.44. The van der Waals surface area contributed by atoms with E-state index in [4.69, 9.17) is 5.84 Å². The zero-order valence-electron chi connectivity index (χ0n) is 7.81. The van der Waals surface area contributed by atoms with Crippen molar-refractivity contribution in [2.24, 2.45) is 5.84 Å². The highest BCUT2D eigenvalue weighted by atomic mass is 16.2. The Morgan fingerprint density at radius 2 is 2.21 bits per heavy atom. The molecule has 0 saturated carbocycles. The number of nitrogens with zero attached hydrogens (tertiary/aromatic N) is 1. The molecule has 0 spiro atoms. The molecule has 74 valence electrons. The highest BCUT2D eigenvalue weighted by Gasteiger charge is 2.39. The van der Waals surface area contributed by atoms with Gasteiger partial charge in [0.25, 0.3) is 5.91 Å². The Hall–Kier alpha value is -1.39. The van der Waals surface area contributed by atoms with Gasteiger partial charge < -0.3 is 0 Å². The molecule has 1 aliphatic heterocycles. The van der Waals surface area contributed by atoms with Crippen molar-refractivity contribution in [2.45, 2.75) is 12.6 Å². The number of hydrogen-bond donors (Lipinski definition) is 2. The number of nitrogens with two attached hydrogens (primary N) is 1. The molecule has 14 heavy (non-hydrogen) atoms. The third-order valence-corrected chi connectivity index (χ3v) is 2.39. The Kier molecular flexibility index (Phi) is 2.47. The average Bonchev–Trinajstić information content (AvgIpc) is 2.98. The number of amides is 1. The summed E-state index contributed by atoms with van der Waals surface area (Å²) in [6.07, 6.45) is 0. The van der Waals surface area contributed by atoms with E-state index >= 15 is 0 Å². The molecule has 1 aliphatic rings. The molecule has 0 aromatic heterocycles. The molecule has 1 fully saturated rings. The lowest BCUT2D eigenvalue weighted by Gasteiger charge is -2.02. The number of nitrogens with one attached hydrogen (secondary N) is 1. The van der Waals surface area contributed by atoms with Crippen molar-refractivity contribution in [3.05, 3.63) is 35.9 Å². The smallest absolute Gasteiger partial charge is 0.252 e. The summed E-state index contributed by atoms with van der Waals surface area (Å²) in [4.78, 5) is 13.2. The van der Waals surface area contributed by atoms with Crippen LogP contribution in [0.2, 0.25) is 0 Å². The van der Waals surface area contributed by atoms with Crippen molar-refractivity contribution >= 4 is 5.91 Å². The SMILES string of the molecule is NNC(=O)C1CN1Cc1ccccc1. The maximum atomic E-state index is 11.1. The Labute approximate surface area is 82.7 Å². The van der Waals surface area contributed by atoms with E-state index in [2.05, 4.69) is 22.5 Å². The van der Waals surface area contributed by atoms with Crippen molar-refractivity contribution in [3.63, 3.8) is 0 Å². The van der Waals surface area contributed by atoms with Gasteiger partial charge in [-0.3, -0.25) is 15.1 Å². The van der Waals surface area contributed by atoms with Crippen LogP contribution >= 0.6 is 0 Å². The van der Waals surface area contributed by atoms with Crippen LogP contribution in [0, 0.1) is 0 Å². The molecule has 0 radical (unpaired) electrons. The summed E-state index contributed by atoms with van der Waals surface area (Å²) in [6, 6.07) is 10.1. The third-order valence-electron chi connectivity index (χ3n) is 2.39. The van der Waals surface area contributed by atoms with Crippen LogP contribution in [0.1, 0.15) is 5.56 Å². The zero-order chi connectivity index (χ0) is 9.97. The van der Waals surface area contributed by atoms with E-state index < -0.39 is 0 Å². The summed E-state index contributed by atoms with van der Waals surface area (Å²) in [5.74, 6) is 4.95. The highest BCUT2D eigenvalue weighted by molar-refractivity contribution is 5.84.